The van der Waals surface area contributed by atoms with Gasteiger partial charge in [-0.05, 0) is 11.6 Å². The smallest absolute Gasteiger partial charge is 0.349 e. The van der Waals surface area contributed by atoms with E-state index in [4.69, 9.17) is 0 Å². The molecule has 0 atom stereocenters. The molecule has 0 saturated heterocycles. The summed E-state index contributed by atoms with van der Waals surface area (Å²) in [6.07, 6.45) is 3.50. The van der Waals surface area contributed by atoms with Crippen molar-refractivity contribution in [2.24, 2.45) is 5.90 Å². The van der Waals surface area contributed by atoms with Gasteiger partial charge in [-0.25, -0.2) is 4.79 Å². The molecule has 0 bridgehead atoms. The van der Waals surface area contributed by atoms with E-state index in [0.717, 1.165) is 11.8 Å². The van der Waals surface area contributed by atoms with Crippen LogP contribution < -0.4 is 5.90 Å². The van der Waals surface area contributed by atoms with Crippen LogP contribution in [0.3, 0.4) is 0 Å². The van der Waals surface area contributed by atoms with Crippen molar-refractivity contribution in [3.63, 3.8) is 0 Å². The average molecular weight is 221 g/mol. The highest BCUT2D eigenvalue weighted by atomic mass is 16.7. The van der Waals surface area contributed by atoms with Crippen LogP contribution in [0.1, 0.15) is 29.8 Å². The second-order valence-corrected chi connectivity index (χ2v) is 2.55. The zero-order chi connectivity index (χ0) is 12.4. The van der Waals surface area contributed by atoms with Gasteiger partial charge in [0.05, 0.1) is 0 Å². The van der Waals surface area contributed by atoms with Gasteiger partial charge in [0.15, 0.2) is 0 Å². The zero-order valence-electron chi connectivity index (χ0n) is 9.34. The summed E-state index contributed by atoms with van der Waals surface area (Å²) in [6, 6.07) is 6.73. The van der Waals surface area contributed by atoms with Crippen LogP contribution in [-0.4, -0.2) is 12.3 Å². The van der Waals surface area contributed by atoms with Crippen molar-refractivity contribution in [3.8, 4) is 0 Å². The van der Waals surface area contributed by atoms with Crippen LogP contribution in [-0.2, 0) is 9.63 Å². The maximum atomic E-state index is 10.6. The molecule has 2 N–H and O–H groups in total. The maximum absolute atomic E-state index is 10.6. The van der Waals surface area contributed by atoms with E-state index in [2.05, 4.69) is 10.7 Å². The lowest BCUT2D eigenvalue weighted by Gasteiger charge is -1.93. The lowest BCUT2D eigenvalue weighted by atomic mass is 10.1. The number of rotatable bonds is 3. The van der Waals surface area contributed by atoms with Gasteiger partial charge in [-0.3, -0.25) is 4.79 Å². The molecule has 4 heteroatoms. The number of carbonyl (C=O) groups is 2. The van der Waals surface area contributed by atoms with Gasteiger partial charge in [0.2, 0.25) is 0 Å². The Balaban J connectivity index is 0.00000106. The predicted octanol–water partition coefficient (Wildman–Crippen LogP) is 1.96. The molecule has 16 heavy (non-hydrogen) atoms. The van der Waals surface area contributed by atoms with Gasteiger partial charge in [0, 0.05) is 11.6 Å². The fourth-order valence-corrected chi connectivity index (χ4v) is 0.889. The first-order valence-electron chi connectivity index (χ1n) is 4.90. The molecule has 1 aromatic carbocycles. The highest BCUT2D eigenvalue weighted by Gasteiger charge is 1.93. The normalized spacial score (nSPS) is 9.19. The molecule has 0 aliphatic carbocycles. The Bertz CT molecular complexity index is 355. The van der Waals surface area contributed by atoms with E-state index in [1.54, 1.807) is 30.3 Å². The van der Waals surface area contributed by atoms with E-state index < -0.39 is 5.97 Å². The number of benzene rings is 1. The number of hydrogen-bond donors (Lipinski definition) is 1. The standard InChI is InChI=1S/C10H9NO3.C2H6/c11-14-10(13)6-5-8-1-3-9(7-12)4-2-8;1-2/h1-7H,11H2;1-2H3/b6-5+;. The summed E-state index contributed by atoms with van der Waals surface area (Å²) < 4.78 is 0. The summed E-state index contributed by atoms with van der Waals surface area (Å²) >= 11 is 0. The summed E-state index contributed by atoms with van der Waals surface area (Å²) in [5, 5.41) is 0. The fourth-order valence-electron chi connectivity index (χ4n) is 0.889. The number of nitrogens with two attached hydrogens (primary N) is 1. The van der Waals surface area contributed by atoms with Crippen molar-refractivity contribution in [1.82, 2.24) is 0 Å². The topological polar surface area (TPSA) is 69.4 Å². The van der Waals surface area contributed by atoms with Gasteiger partial charge in [0.1, 0.15) is 6.29 Å². The molecule has 0 aliphatic rings. The number of carbonyl (C=O) groups excluding carboxylic acids is 2. The minimum atomic E-state index is -0.621. The summed E-state index contributed by atoms with van der Waals surface area (Å²) in [5.74, 6) is 4.01. The van der Waals surface area contributed by atoms with Crippen LogP contribution in [0.5, 0.6) is 0 Å². The predicted molar refractivity (Wildman–Crippen MR) is 62.5 cm³/mol. The Morgan fingerprint density at radius 2 is 1.69 bits per heavy atom. The van der Waals surface area contributed by atoms with Crippen LogP contribution in [0.4, 0.5) is 0 Å². The molecule has 0 aromatic heterocycles. The van der Waals surface area contributed by atoms with Crippen molar-refractivity contribution >= 4 is 18.3 Å². The molecule has 1 rings (SSSR count). The van der Waals surface area contributed by atoms with Gasteiger partial charge in [-0.15, -0.1) is 0 Å². The van der Waals surface area contributed by atoms with Crippen molar-refractivity contribution < 1.29 is 14.4 Å². The van der Waals surface area contributed by atoms with Crippen molar-refractivity contribution in [3.05, 3.63) is 41.5 Å². The quantitative estimate of drug-likeness (QED) is 0.481. The van der Waals surface area contributed by atoms with Crippen LogP contribution >= 0.6 is 0 Å². The molecular formula is C12H15NO3. The Morgan fingerprint density at radius 3 is 2.12 bits per heavy atom. The van der Waals surface area contributed by atoms with E-state index in [1.165, 1.54) is 6.08 Å². The van der Waals surface area contributed by atoms with Crippen molar-refractivity contribution in [1.29, 1.82) is 0 Å². The third kappa shape index (κ3) is 5.07. The summed E-state index contributed by atoms with van der Waals surface area (Å²) in [4.78, 5) is 24.9. The molecular weight excluding hydrogens is 206 g/mol. The van der Waals surface area contributed by atoms with E-state index >= 15 is 0 Å². The first-order chi connectivity index (χ1) is 7.76. The number of aldehydes is 1. The van der Waals surface area contributed by atoms with Crippen LogP contribution in [0.15, 0.2) is 30.3 Å². The van der Waals surface area contributed by atoms with Gasteiger partial charge < -0.3 is 4.84 Å². The highest BCUT2D eigenvalue weighted by molar-refractivity contribution is 5.87. The van der Waals surface area contributed by atoms with Gasteiger partial charge in [-0.1, -0.05) is 38.1 Å². The van der Waals surface area contributed by atoms with E-state index in [0.29, 0.717) is 5.56 Å². The molecule has 0 spiro atoms. The van der Waals surface area contributed by atoms with Crippen LogP contribution in [0, 0.1) is 0 Å². The minimum absolute atomic E-state index is 0.587. The maximum Gasteiger partial charge on any atom is 0.349 e. The SMILES string of the molecule is CC.NOC(=O)/C=C/c1ccc(C=O)cc1. The molecule has 0 heterocycles. The third-order valence-corrected chi connectivity index (χ3v) is 1.60. The molecule has 1 aromatic rings. The molecule has 0 aliphatic heterocycles. The molecule has 86 valence electrons. The first-order valence-corrected chi connectivity index (χ1v) is 4.90. The Kier molecular flexibility index (Phi) is 7.36. The van der Waals surface area contributed by atoms with Gasteiger partial charge in [0.25, 0.3) is 0 Å². The van der Waals surface area contributed by atoms with E-state index in [1.807, 2.05) is 13.8 Å². The Hall–Kier alpha value is -1.94. The molecule has 0 fully saturated rings. The molecule has 0 amide bonds. The third-order valence-electron chi connectivity index (χ3n) is 1.60. The fraction of sp³-hybridized carbons (Fsp3) is 0.167. The second kappa shape index (κ2) is 8.38. The lowest BCUT2D eigenvalue weighted by molar-refractivity contribution is -0.138. The summed E-state index contributed by atoms with van der Waals surface area (Å²) in [5.41, 5.74) is 1.38. The summed E-state index contributed by atoms with van der Waals surface area (Å²) in [6.45, 7) is 4.00. The zero-order valence-corrected chi connectivity index (χ0v) is 9.34. The van der Waals surface area contributed by atoms with Crippen molar-refractivity contribution in [2.45, 2.75) is 13.8 Å². The number of hydrogen-bond acceptors (Lipinski definition) is 4. The Morgan fingerprint density at radius 1 is 1.19 bits per heavy atom. The minimum Gasteiger partial charge on any atom is -0.370 e. The van der Waals surface area contributed by atoms with E-state index in [9.17, 15) is 9.59 Å². The first kappa shape index (κ1) is 14.1. The molecule has 0 unspecified atom stereocenters. The monoisotopic (exact) mass is 221 g/mol. The van der Waals surface area contributed by atoms with Crippen molar-refractivity contribution in [2.75, 3.05) is 0 Å². The van der Waals surface area contributed by atoms with Gasteiger partial charge in [-0.2, -0.15) is 5.90 Å². The molecule has 0 saturated carbocycles. The van der Waals surface area contributed by atoms with Crippen LogP contribution in [0.25, 0.3) is 6.08 Å². The largest absolute Gasteiger partial charge is 0.370 e. The van der Waals surface area contributed by atoms with Gasteiger partial charge >= 0.3 is 5.97 Å². The van der Waals surface area contributed by atoms with E-state index in [-0.39, 0.29) is 0 Å². The molecule has 0 radical (unpaired) electrons. The highest BCUT2D eigenvalue weighted by Crippen LogP contribution is 2.04. The molecule has 4 nitrogen and oxygen atoms in total. The lowest BCUT2D eigenvalue weighted by Crippen LogP contribution is -2.05. The summed E-state index contributed by atoms with van der Waals surface area (Å²) in [7, 11) is 0. The average Bonchev–Trinajstić information content (AvgIpc) is 2.38. The van der Waals surface area contributed by atoms with Crippen LogP contribution in [0.2, 0.25) is 0 Å². The second-order valence-electron chi connectivity index (χ2n) is 2.55. The Labute approximate surface area is 94.7 Å².